The predicted molar refractivity (Wildman–Crippen MR) is 132 cm³/mol. The molecule has 0 aliphatic carbocycles. The van der Waals surface area contributed by atoms with E-state index in [1.165, 1.54) is 15.5 Å². The Hall–Kier alpha value is -2.02. The van der Waals surface area contributed by atoms with Gasteiger partial charge in [-0.1, -0.05) is 44.7 Å². The Bertz CT molecular complexity index is 948. The Morgan fingerprint density at radius 3 is 2.72 bits per heavy atom. The Morgan fingerprint density at radius 2 is 1.97 bits per heavy atom. The molecule has 0 saturated carbocycles. The molecule has 32 heavy (non-hydrogen) atoms. The third-order valence-corrected chi connectivity index (χ3v) is 7.64. The number of likely N-dealkylation sites (tertiary alicyclic amines) is 1. The maximum Gasteiger partial charge on any atom is 0.251 e. The van der Waals surface area contributed by atoms with Crippen molar-refractivity contribution in [1.82, 2.24) is 10.2 Å². The van der Waals surface area contributed by atoms with Gasteiger partial charge < -0.3 is 15.3 Å². The lowest BCUT2D eigenvalue weighted by atomic mass is 10.1. The standard InChI is InChI=1S/C26H35N3O2S/c1-4-25(28-15-7-8-20(28)17-30)29-21-9-5-6-10-23(21)32-24-12-11-19(16-22(24)29)26(31)27-14-13-18(2)3/h5-6,9-12,16,18,20,25,30H,4,7-8,13-15,17H2,1-3H3,(H,27,31)/t20-,25?/m0/s1. The van der Waals surface area contributed by atoms with Crippen LogP contribution in [-0.2, 0) is 0 Å². The summed E-state index contributed by atoms with van der Waals surface area (Å²) in [5.41, 5.74) is 2.96. The average Bonchev–Trinajstić information content (AvgIpc) is 3.27. The minimum absolute atomic E-state index is 0.0142. The maximum atomic E-state index is 12.9. The highest BCUT2D eigenvalue weighted by atomic mass is 32.2. The number of anilines is 2. The van der Waals surface area contributed by atoms with Crippen molar-refractivity contribution in [2.24, 2.45) is 5.92 Å². The van der Waals surface area contributed by atoms with E-state index in [-0.39, 0.29) is 24.7 Å². The number of hydrogen-bond acceptors (Lipinski definition) is 5. The Labute approximate surface area is 196 Å². The summed E-state index contributed by atoms with van der Waals surface area (Å²) in [5, 5.41) is 13.1. The molecule has 1 unspecified atom stereocenters. The first-order valence-corrected chi connectivity index (χ1v) is 12.7. The van der Waals surface area contributed by atoms with E-state index < -0.39 is 0 Å². The number of aliphatic hydroxyl groups excluding tert-OH is 1. The molecule has 2 aliphatic heterocycles. The maximum absolute atomic E-state index is 12.9. The molecule has 1 fully saturated rings. The summed E-state index contributed by atoms with van der Waals surface area (Å²) in [6.45, 7) is 8.41. The number of fused-ring (bicyclic) bond motifs is 2. The second kappa shape index (κ2) is 10.3. The molecule has 1 amide bonds. The van der Waals surface area contributed by atoms with Gasteiger partial charge in [0.25, 0.3) is 5.91 Å². The summed E-state index contributed by atoms with van der Waals surface area (Å²) in [4.78, 5) is 20.1. The number of rotatable bonds is 8. The number of nitrogens with one attached hydrogen (secondary N) is 1. The number of benzene rings is 2. The zero-order chi connectivity index (χ0) is 22.7. The zero-order valence-corrected chi connectivity index (χ0v) is 20.2. The summed E-state index contributed by atoms with van der Waals surface area (Å²) in [7, 11) is 0. The fourth-order valence-corrected chi connectivity index (χ4v) is 5.89. The number of carbonyl (C=O) groups is 1. The van der Waals surface area contributed by atoms with Crippen LogP contribution in [0.15, 0.2) is 52.3 Å². The van der Waals surface area contributed by atoms with Gasteiger partial charge in [0.05, 0.1) is 24.1 Å². The van der Waals surface area contributed by atoms with Crippen molar-refractivity contribution in [3.8, 4) is 0 Å². The van der Waals surface area contributed by atoms with Crippen molar-refractivity contribution in [1.29, 1.82) is 0 Å². The van der Waals surface area contributed by atoms with Crippen molar-refractivity contribution >= 4 is 29.0 Å². The number of carbonyl (C=O) groups excluding carboxylic acids is 1. The summed E-state index contributed by atoms with van der Waals surface area (Å²) < 4.78 is 0. The highest BCUT2D eigenvalue weighted by Crippen LogP contribution is 2.50. The molecule has 0 aromatic heterocycles. The second-order valence-corrected chi connectivity index (χ2v) is 10.2. The van der Waals surface area contributed by atoms with Gasteiger partial charge in [-0.2, -0.15) is 0 Å². The number of para-hydroxylation sites is 1. The number of hydrogen-bond donors (Lipinski definition) is 2. The molecular formula is C26H35N3O2S. The lowest BCUT2D eigenvalue weighted by Crippen LogP contribution is -2.50. The number of nitrogens with zero attached hydrogens (tertiary/aromatic N) is 2. The van der Waals surface area contributed by atoms with Gasteiger partial charge in [0.2, 0.25) is 0 Å². The van der Waals surface area contributed by atoms with Crippen molar-refractivity contribution in [2.75, 3.05) is 24.6 Å². The topological polar surface area (TPSA) is 55.8 Å². The molecule has 4 rings (SSSR count). The van der Waals surface area contributed by atoms with Gasteiger partial charge in [0.1, 0.15) is 0 Å². The molecule has 2 N–H and O–H groups in total. The van der Waals surface area contributed by atoms with Gasteiger partial charge in [-0.25, -0.2) is 0 Å². The minimum Gasteiger partial charge on any atom is -0.395 e. The lowest BCUT2D eigenvalue weighted by Gasteiger charge is -2.44. The normalized spacial score (nSPS) is 19.0. The quantitative estimate of drug-likeness (QED) is 0.571. The van der Waals surface area contributed by atoms with Crippen LogP contribution in [0.3, 0.4) is 0 Å². The molecule has 2 heterocycles. The van der Waals surface area contributed by atoms with Gasteiger partial charge in [-0.05, 0) is 61.9 Å². The van der Waals surface area contributed by atoms with Crippen LogP contribution in [0.2, 0.25) is 0 Å². The lowest BCUT2D eigenvalue weighted by molar-refractivity contribution is 0.0952. The third kappa shape index (κ3) is 4.68. The summed E-state index contributed by atoms with van der Waals surface area (Å²) >= 11 is 1.76. The van der Waals surface area contributed by atoms with Crippen molar-refractivity contribution < 1.29 is 9.90 Å². The van der Waals surface area contributed by atoms with Crippen LogP contribution in [0, 0.1) is 5.92 Å². The van der Waals surface area contributed by atoms with Gasteiger partial charge in [0, 0.05) is 34.5 Å². The monoisotopic (exact) mass is 453 g/mol. The van der Waals surface area contributed by atoms with E-state index in [2.05, 4.69) is 72.3 Å². The average molecular weight is 454 g/mol. The fourth-order valence-electron chi connectivity index (χ4n) is 4.83. The van der Waals surface area contributed by atoms with Crippen LogP contribution >= 0.6 is 11.8 Å². The van der Waals surface area contributed by atoms with Gasteiger partial charge in [-0.15, -0.1) is 0 Å². The van der Waals surface area contributed by atoms with Crippen molar-refractivity contribution in [3.05, 3.63) is 48.0 Å². The van der Waals surface area contributed by atoms with Crippen LogP contribution in [0.25, 0.3) is 0 Å². The molecule has 0 bridgehead atoms. The Morgan fingerprint density at radius 1 is 1.19 bits per heavy atom. The second-order valence-electron chi connectivity index (χ2n) is 9.17. The highest BCUT2D eigenvalue weighted by Gasteiger charge is 2.37. The molecule has 0 spiro atoms. The first-order chi connectivity index (χ1) is 15.5. The van der Waals surface area contributed by atoms with Crippen LogP contribution < -0.4 is 10.2 Å². The number of aliphatic hydroxyl groups is 1. The molecule has 172 valence electrons. The first kappa shape index (κ1) is 23.1. The van der Waals surface area contributed by atoms with Crippen LogP contribution in [0.4, 0.5) is 11.4 Å². The third-order valence-electron chi connectivity index (χ3n) is 6.51. The SMILES string of the molecule is CCC(N1c2ccccc2Sc2ccc(C(=O)NCCC(C)C)cc21)N1CCC[C@H]1CO. The van der Waals surface area contributed by atoms with E-state index in [1.54, 1.807) is 11.8 Å². The summed E-state index contributed by atoms with van der Waals surface area (Å²) in [6, 6.07) is 14.8. The van der Waals surface area contributed by atoms with E-state index in [0.717, 1.165) is 37.9 Å². The van der Waals surface area contributed by atoms with E-state index in [9.17, 15) is 9.90 Å². The summed E-state index contributed by atoms with van der Waals surface area (Å²) in [6.07, 6.45) is 4.18. The molecule has 5 nitrogen and oxygen atoms in total. The van der Waals surface area contributed by atoms with Crippen LogP contribution in [0.1, 0.15) is 56.8 Å². The van der Waals surface area contributed by atoms with E-state index >= 15 is 0 Å². The fraction of sp³-hybridized carbons (Fsp3) is 0.500. The molecule has 2 aromatic carbocycles. The molecular weight excluding hydrogens is 418 g/mol. The summed E-state index contributed by atoms with van der Waals surface area (Å²) in [5.74, 6) is 0.548. The van der Waals surface area contributed by atoms with E-state index in [0.29, 0.717) is 18.0 Å². The van der Waals surface area contributed by atoms with Crippen LogP contribution in [-0.4, -0.2) is 47.8 Å². The van der Waals surface area contributed by atoms with Crippen molar-refractivity contribution in [3.63, 3.8) is 0 Å². The van der Waals surface area contributed by atoms with E-state index in [4.69, 9.17) is 0 Å². The molecule has 2 aromatic rings. The molecule has 6 heteroatoms. The Balaban J connectivity index is 1.70. The smallest absolute Gasteiger partial charge is 0.251 e. The van der Waals surface area contributed by atoms with Gasteiger partial charge in [-0.3, -0.25) is 9.69 Å². The largest absolute Gasteiger partial charge is 0.395 e. The molecule has 1 saturated heterocycles. The molecule has 0 radical (unpaired) electrons. The minimum atomic E-state index is -0.0142. The molecule has 2 atom stereocenters. The number of amides is 1. The van der Waals surface area contributed by atoms with Crippen LogP contribution in [0.5, 0.6) is 0 Å². The molecule has 2 aliphatic rings. The van der Waals surface area contributed by atoms with E-state index in [1.807, 2.05) is 6.07 Å². The van der Waals surface area contributed by atoms with Crippen molar-refractivity contribution in [2.45, 2.75) is 68.5 Å². The highest BCUT2D eigenvalue weighted by molar-refractivity contribution is 7.99. The first-order valence-electron chi connectivity index (χ1n) is 11.9. The zero-order valence-electron chi connectivity index (χ0n) is 19.4. The van der Waals surface area contributed by atoms with Gasteiger partial charge >= 0.3 is 0 Å². The predicted octanol–water partition coefficient (Wildman–Crippen LogP) is 5.26. The Kier molecular flexibility index (Phi) is 7.44. The van der Waals surface area contributed by atoms with Gasteiger partial charge in [0.15, 0.2) is 0 Å².